The third kappa shape index (κ3) is 5.03. The van der Waals surface area contributed by atoms with Gasteiger partial charge in [-0.2, -0.15) is 0 Å². The predicted molar refractivity (Wildman–Crippen MR) is 230 cm³/mol. The van der Waals surface area contributed by atoms with Crippen LogP contribution in [0.1, 0.15) is 0 Å². The van der Waals surface area contributed by atoms with Gasteiger partial charge in [-0.25, -0.2) is 0 Å². The van der Waals surface area contributed by atoms with E-state index in [1.54, 1.807) is 0 Å². The van der Waals surface area contributed by atoms with Crippen LogP contribution in [0.5, 0.6) is 0 Å². The molecule has 53 heavy (non-hydrogen) atoms. The second-order valence-electron chi connectivity index (χ2n) is 13.5. The van der Waals surface area contributed by atoms with Crippen molar-refractivity contribution in [3.63, 3.8) is 0 Å². The Morgan fingerprint density at radius 2 is 1.06 bits per heavy atom. The van der Waals surface area contributed by atoms with Crippen molar-refractivity contribution in [2.45, 2.75) is 0 Å². The van der Waals surface area contributed by atoms with Crippen LogP contribution in [0.15, 0.2) is 182 Å². The number of aromatic nitrogens is 1. The van der Waals surface area contributed by atoms with Crippen LogP contribution in [0.25, 0.3) is 83.5 Å². The van der Waals surface area contributed by atoms with Gasteiger partial charge in [0.15, 0.2) is 0 Å². The maximum absolute atomic E-state index is 5.10. The molecule has 0 N–H and O–H groups in total. The summed E-state index contributed by atoms with van der Waals surface area (Å²) >= 11 is 1.96. The Morgan fingerprint density at radius 1 is 0.415 bits per heavy atom. The number of benzene rings is 9. The molecular weight excluding hydrogens is 728 g/mol. The molecule has 0 aliphatic heterocycles. The minimum absolute atomic E-state index is 0.123. The first kappa shape index (κ1) is 30.6. The molecule has 248 valence electrons. The molecule has 0 saturated carbocycles. The van der Waals surface area contributed by atoms with Crippen LogP contribution >= 0.6 is 11.3 Å². The molecule has 0 fully saturated rings. The van der Waals surface area contributed by atoms with E-state index in [1.807, 2.05) is 11.3 Å². The van der Waals surface area contributed by atoms with Crippen molar-refractivity contribution in [3.05, 3.63) is 182 Å². The molecule has 0 unspecified atom stereocenters. The van der Waals surface area contributed by atoms with E-state index < -0.39 is 0 Å². The number of hydrogen-bond acceptors (Lipinski definition) is 3. The van der Waals surface area contributed by atoms with Crippen LogP contribution in [0, 0.1) is 0 Å². The van der Waals surface area contributed by atoms with Crippen LogP contribution in [-0.2, 0) is 0 Å². The quantitative estimate of drug-likeness (QED) is 0.128. The van der Waals surface area contributed by atoms with Crippen LogP contribution in [-0.4, -0.2) is 19.5 Å². The summed E-state index contributed by atoms with van der Waals surface area (Å²) in [7, 11) is 0. The topological polar surface area (TPSA) is 16.1 Å². The van der Waals surface area contributed by atoms with Crippen molar-refractivity contribution in [3.8, 4) is 21.7 Å². The van der Waals surface area contributed by atoms with Gasteiger partial charge in [-0.15, -0.1) is 0 Å². The number of thiazole rings is 1. The van der Waals surface area contributed by atoms with Crippen molar-refractivity contribution in [1.82, 2.24) is 4.98 Å². The molecule has 0 aliphatic carbocycles. The summed E-state index contributed by atoms with van der Waals surface area (Å²) < 4.78 is 4.23. The standard InChI is InChI=1S/C49H30N2SSe/c1-3-13-32(14-4-1)49-50-44-27-26-42-41-25-24-39-38-20-9-10-21-40(38)45(30-43(39)47(41)53-48(42)46(44)52-49)51(36-17-5-2-6-18-36)37-19-11-16-34(29-37)35-23-22-31-12-7-8-15-33(31)28-35/h1-30H. The molecule has 0 bridgehead atoms. The summed E-state index contributed by atoms with van der Waals surface area (Å²) in [6.45, 7) is 0. The number of nitrogens with zero attached hydrogens (tertiary/aromatic N) is 2. The Morgan fingerprint density at radius 3 is 1.92 bits per heavy atom. The average Bonchev–Trinajstić information content (AvgIpc) is 3.84. The Labute approximate surface area is 316 Å². The molecular formula is C49H30N2SSe. The third-order valence-electron chi connectivity index (χ3n) is 10.4. The van der Waals surface area contributed by atoms with Gasteiger partial charge >= 0.3 is 300 Å². The predicted octanol–water partition coefficient (Wildman–Crippen LogP) is 13.9. The summed E-state index contributed by atoms with van der Waals surface area (Å²) in [5.74, 6) is 0. The van der Waals surface area contributed by atoms with Gasteiger partial charge in [-0.1, -0.05) is 18.2 Å². The Balaban J connectivity index is 1.16. The minimum atomic E-state index is 0.123. The number of fused-ring (bicyclic) bond motifs is 10. The van der Waals surface area contributed by atoms with Gasteiger partial charge in [-0.3, -0.25) is 0 Å². The van der Waals surface area contributed by atoms with Crippen molar-refractivity contribution in [2.75, 3.05) is 4.90 Å². The maximum atomic E-state index is 5.10. The molecule has 11 rings (SSSR count). The summed E-state index contributed by atoms with van der Waals surface area (Å²) in [5.41, 5.74) is 8.13. The normalized spacial score (nSPS) is 11.8. The van der Waals surface area contributed by atoms with Gasteiger partial charge in [0.2, 0.25) is 0 Å². The van der Waals surface area contributed by atoms with Crippen LogP contribution in [0.3, 0.4) is 0 Å². The molecule has 9 aromatic carbocycles. The van der Waals surface area contributed by atoms with Crippen molar-refractivity contribution >= 4 is 105 Å². The van der Waals surface area contributed by atoms with Gasteiger partial charge in [0.25, 0.3) is 0 Å². The number of para-hydroxylation sites is 1. The molecule has 2 aromatic heterocycles. The van der Waals surface area contributed by atoms with E-state index in [4.69, 9.17) is 4.98 Å². The van der Waals surface area contributed by atoms with Gasteiger partial charge in [0.1, 0.15) is 0 Å². The summed E-state index contributed by atoms with van der Waals surface area (Å²) in [6.07, 6.45) is 0. The van der Waals surface area contributed by atoms with Gasteiger partial charge in [-0.05, 0) is 0 Å². The van der Waals surface area contributed by atoms with E-state index >= 15 is 0 Å². The first-order valence-corrected chi connectivity index (χ1v) is 20.4. The average molecular weight is 758 g/mol. The molecule has 0 atom stereocenters. The molecule has 0 radical (unpaired) electrons. The van der Waals surface area contributed by atoms with E-state index in [1.165, 1.54) is 78.7 Å². The zero-order valence-corrected chi connectivity index (χ0v) is 31.1. The molecule has 0 saturated heterocycles. The van der Waals surface area contributed by atoms with E-state index in [9.17, 15) is 0 Å². The molecule has 0 amide bonds. The van der Waals surface area contributed by atoms with Gasteiger partial charge < -0.3 is 0 Å². The molecule has 4 heteroatoms. The van der Waals surface area contributed by atoms with E-state index in [0.29, 0.717) is 0 Å². The number of hydrogen-bond donors (Lipinski definition) is 0. The first-order chi connectivity index (χ1) is 26.3. The van der Waals surface area contributed by atoms with E-state index in [-0.39, 0.29) is 14.5 Å². The Kier molecular flexibility index (Phi) is 7.09. The fourth-order valence-electron chi connectivity index (χ4n) is 7.93. The monoisotopic (exact) mass is 758 g/mol. The first-order valence-electron chi connectivity index (χ1n) is 17.9. The van der Waals surface area contributed by atoms with Crippen molar-refractivity contribution in [1.29, 1.82) is 0 Å². The molecule has 2 heterocycles. The zero-order chi connectivity index (χ0) is 34.9. The SMILES string of the molecule is c1ccc(-c2nc3ccc4c5ccc6c7ccccc7c(N(c7ccccc7)c7cccc(-c8ccc9ccccc9c8)c7)cc6c5[se]c4c3s2)cc1. The van der Waals surface area contributed by atoms with Gasteiger partial charge in [0.05, 0.1) is 0 Å². The fourth-order valence-corrected chi connectivity index (χ4v) is 12.1. The number of anilines is 3. The van der Waals surface area contributed by atoms with Crippen LogP contribution in [0.4, 0.5) is 17.1 Å². The van der Waals surface area contributed by atoms with E-state index in [2.05, 4.69) is 187 Å². The summed E-state index contributed by atoms with van der Waals surface area (Å²) in [4.78, 5) is 7.55. The molecule has 0 aliphatic rings. The van der Waals surface area contributed by atoms with Gasteiger partial charge in [0, 0.05) is 0 Å². The van der Waals surface area contributed by atoms with Crippen LogP contribution in [0.2, 0.25) is 0 Å². The Bertz CT molecular complexity index is 3180. The molecule has 2 nitrogen and oxygen atoms in total. The molecule has 0 spiro atoms. The van der Waals surface area contributed by atoms with E-state index in [0.717, 1.165) is 21.9 Å². The third-order valence-corrected chi connectivity index (χ3v) is 14.5. The van der Waals surface area contributed by atoms with Crippen molar-refractivity contribution in [2.24, 2.45) is 0 Å². The van der Waals surface area contributed by atoms with Crippen LogP contribution < -0.4 is 4.90 Å². The second kappa shape index (κ2) is 12.3. The molecule has 11 aromatic rings. The summed E-state index contributed by atoms with van der Waals surface area (Å²) in [5, 5.41) is 11.5. The fraction of sp³-hybridized carbons (Fsp3) is 0. The Hall–Kier alpha value is -6.03. The second-order valence-corrected chi connectivity index (χ2v) is 16.7. The van der Waals surface area contributed by atoms with Crippen molar-refractivity contribution < 1.29 is 0 Å². The number of rotatable bonds is 5. The zero-order valence-electron chi connectivity index (χ0n) is 28.5. The summed E-state index contributed by atoms with van der Waals surface area (Å²) in [6, 6.07) is 66.4.